The van der Waals surface area contributed by atoms with Gasteiger partial charge >= 0.3 is 6.36 Å². The van der Waals surface area contributed by atoms with Crippen LogP contribution in [0.3, 0.4) is 0 Å². The minimum atomic E-state index is -4.74. The molecule has 0 aliphatic carbocycles. The zero-order chi connectivity index (χ0) is 11.6. The summed E-state index contributed by atoms with van der Waals surface area (Å²) in [6.45, 7) is 1.62. The Morgan fingerprint density at radius 3 is 2.60 bits per heavy atom. The van der Waals surface area contributed by atoms with Crippen molar-refractivity contribution in [3.63, 3.8) is 0 Å². The SMILES string of the molecule is Cc1cc(I)nc(OC(F)(F)F)c1CN. The largest absolute Gasteiger partial charge is 0.574 e. The van der Waals surface area contributed by atoms with Crippen LogP contribution in [0.4, 0.5) is 13.2 Å². The van der Waals surface area contributed by atoms with E-state index in [9.17, 15) is 13.2 Å². The van der Waals surface area contributed by atoms with E-state index in [1.807, 2.05) is 22.6 Å². The topological polar surface area (TPSA) is 48.1 Å². The van der Waals surface area contributed by atoms with Crippen molar-refractivity contribution in [1.29, 1.82) is 0 Å². The van der Waals surface area contributed by atoms with E-state index in [2.05, 4.69) is 9.72 Å². The fourth-order valence-corrected chi connectivity index (χ4v) is 1.76. The van der Waals surface area contributed by atoms with E-state index in [0.717, 1.165) is 0 Å². The summed E-state index contributed by atoms with van der Waals surface area (Å²) in [4.78, 5) is 3.65. The van der Waals surface area contributed by atoms with Crippen LogP contribution >= 0.6 is 22.6 Å². The second-order valence-electron chi connectivity index (χ2n) is 2.80. The minimum Gasteiger partial charge on any atom is -0.387 e. The third-order valence-corrected chi connectivity index (χ3v) is 2.25. The quantitative estimate of drug-likeness (QED) is 0.668. The summed E-state index contributed by atoms with van der Waals surface area (Å²) in [5.74, 6) is -0.464. The molecule has 3 nitrogen and oxygen atoms in total. The van der Waals surface area contributed by atoms with Gasteiger partial charge in [-0.2, -0.15) is 0 Å². The lowest BCUT2D eigenvalue weighted by Crippen LogP contribution is -2.20. The van der Waals surface area contributed by atoms with Gasteiger partial charge < -0.3 is 10.5 Å². The third-order valence-electron chi connectivity index (χ3n) is 1.69. The summed E-state index contributed by atoms with van der Waals surface area (Å²) in [5, 5.41) is 0. The van der Waals surface area contributed by atoms with E-state index in [0.29, 0.717) is 9.26 Å². The Balaban J connectivity index is 3.15. The average molecular weight is 332 g/mol. The van der Waals surface area contributed by atoms with Crippen molar-refractivity contribution in [2.75, 3.05) is 0 Å². The summed E-state index contributed by atoms with van der Waals surface area (Å²) in [7, 11) is 0. The Bertz CT molecular complexity index is 368. The maximum absolute atomic E-state index is 12.0. The molecule has 1 aromatic heterocycles. The van der Waals surface area contributed by atoms with Gasteiger partial charge in [0.1, 0.15) is 3.70 Å². The lowest BCUT2D eigenvalue weighted by Gasteiger charge is -2.13. The van der Waals surface area contributed by atoms with Crippen molar-refractivity contribution >= 4 is 22.6 Å². The summed E-state index contributed by atoms with van der Waals surface area (Å²) >= 11 is 1.82. The Labute approximate surface area is 98.0 Å². The Kier molecular flexibility index (Phi) is 3.77. The lowest BCUT2D eigenvalue weighted by molar-refractivity contribution is -0.276. The van der Waals surface area contributed by atoms with Crippen LogP contribution in [0.5, 0.6) is 5.88 Å². The number of alkyl halides is 3. The predicted octanol–water partition coefficient (Wildman–Crippen LogP) is 2.35. The molecule has 1 heterocycles. The molecule has 0 atom stereocenters. The van der Waals surface area contributed by atoms with Crippen molar-refractivity contribution in [3.05, 3.63) is 20.9 Å². The molecule has 84 valence electrons. The van der Waals surface area contributed by atoms with E-state index < -0.39 is 12.2 Å². The molecule has 0 bridgehead atoms. The van der Waals surface area contributed by atoms with Gasteiger partial charge in [-0.05, 0) is 41.1 Å². The standard InChI is InChI=1S/C8H8F3IN2O/c1-4-2-6(12)14-7(5(4)3-13)15-8(9,10)11/h2H,3,13H2,1H3. The van der Waals surface area contributed by atoms with E-state index in [1.165, 1.54) is 0 Å². The molecule has 2 N–H and O–H groups in total. The van der Waals surface area contributed by atoms with E-state index in [-0.39, 0.29) is 12.1 Å². The molecular weight excluding hydrogens is 324 g/mol. The van der Waals surface area contributed by atoms with Crippen LogP contribution in [0.15, 0.2) is 6.07 Å². The van der Waals surface area contributed by atoms with Gasteiger partial charge in [0.25, 0.3) is 0 Å². The molecule has 0 amide bonds. The predicted molar refractivity (Wildman–Crippen MR) is 56.3 cm³/mol. The van der Waals surface area contributed by atoms with Crippen molar-refractivity contribution in [3.8, 4) is 5.88 Å². The summed E-state index contributed by atoms with van der Waals surface area (Å²) < 4.78 is 40.3. The maximum Gasteiger partial charge on any atom is 0.574 e. The highest BCUT2D eigenvalue weighted by Gasteiger charge is 2.33. The van der Waals surface area contributed by atoms with Crippen LogP contribution in [-0.4, -0.2) is 11.3 Å². The molecule has 7 heteroatoms. The molecular formula is C8H8F3IN2O. The lowest BCUT2D eigenvalue weighted by atomic mass is 10.1. The number of hydrogen-bond donors (Lipinski definition) is 1. The number of halogens is 4. The Morgan fingerprint density at radius 2 is 2.13 bits per heavy atom. The van der Waals surface area contributed by atoms with Crippen LogP contribution in [0.2, 0.25) is 0 Å². The number of hydrogen-bond acceptors (Lipinski definition) is 3. The number of rotatable bonds is 2. The van der Waals surface area contributed by atoms with Gasteiger partial charge in [-0.15, -0.1) is 13.2 Å². The highest BCUT2D eigenvalue weighted by atomic mass is 127. The third kappa shape index (κ3) is 3.49. The first-order valence-electron chi connectivity index (χ1n) is 3.95. The van der Waals surface area contributed by atoms with Gasteiger partial charge in [-0.3, -0.25) is 0 Å². The zero-order valence-electron chi connectivity index (χ0n) is 7.73. The molecule has 0 radical (unpaired) electrons. The summed E-state index contributed by atoms with van der Waals surface area (Å²) in [5.41, 5.74) is 6.24. The van der Waals surface area contributed by atoms with Crippen molar-refractivity contribution in [1.82, 2.24) is 4.98 Å². The smallest absolute Gasteiger partial charge is 0.387 e. The Morgan fingerprint density at radius 1 is 1.53 bits per heavy atom. The van der Waals surface area contributed by atoms with Crippen LogP contribution in [0.1, 0.15) is 11.1 Å². The first-order chi connectivity index (χ1) is 6.83. The van der Waals surface area contributed by atoms with Gasteiger partial charge in [0.15, 0.2) is 0 Å². The first-order valence-corrected chi connectivity index (χ1v) is 5.03. The van der Waals surface area contributed by atoms with Crippen LogP contribution in [0.25, 0.3) is 0 Å². The monoisotopic (exact) mass is 332 g/mol. The normalized spacial score (nSPS) is 11.6. The van der Waals surface area contributed by atoms with Gasteiger partial charge in [0.2, 0.25) is 5.88 Å². The molecule has 0 fully saturated rings. The van der Waals surface area contributed by atoms with Crippen LogP contribution < -0.4 is 10.5 Å². The fourth-order valence-electron chi connectivity index (χ4n) is 1.07. The summed E-state index contributed by atoms with van der Waals surface area (Å²) in [6, 6.07) is 1.64. The highest BCUT2D eigenvalue weighted by Crippen LogP contribution is 2.27. The molecule has 0 saturated heterocycles. The van der Waals surface area contributed by atoms with E-state index in [4.69, 9.17) is 5.73 Å². The number of aromatic nitrogens is 1. The highest BCUT2D eigenvalue weighted by molar-refractivity contribution is 14.1. The zero-order valence-corrected chi connectivity index (χ0v) is 9.89. The summed E-state index contributed by atoms with van der Waals surface area (Å²) in [6.07, 6.45) is -4.74. The number of pyridine rings is 1. The molecule has 0 aliphatic rings. The molecule has 15 heavy (non-hydrogen) atoms. The second-order valence-corrected chi connectivity index (χ2v) is 3.90. The van der Waals surface area contributed by atoms with Gasteiger partial charge in [-0.1, -0.05) is 0 Å². The van der Waals surface area contributed by atoms with Gasteiger partial charge in [0.05, 0.1) is 0 Å². The average Bonchev–Trinajstić information content (AvgIpc) is 1.99. The second kappa shape index (κ2) is 4.52. The molecule has 0 saturated carbocycles. The number of nitrogens with zero attached hydrogens (tertiary/aromatic N) is 1. The van der Waals surface area contributed by atoms with Crippen molar-refractivity contribution < 1.29 is 17.9 Å². The van der Waals surface area contributed by atoms with Crippen LogP contribution in [-0.2, 0) is 6.54 Å². The van der Waals surface area contributed by atoms with E-state index in [1.54, 1.807) is 13.0 Å². The molecule has 0 spiro atoms. The molecule has 1 aromatic rings. The number of aryl methyl sites for hydroxylation is 1. The van der Waals surface area contributed by atoms with Gasteiger partial charge in [0, 0.05) is 12.1 Å². The fraction of sp³-hybridized carbons (Fsp3) is 0.375. The molecule has 0 unspecified atom stereocenters. The van der Waals surface area contributed by atoms with Crippen molar-refractivity contribution in [2.45, 2.75) is 19.8 Å². The van der Waals surface area contributed by atoms with E-state index >= 15 is 0 Å². The maximum atomic E-state index is 12.0. The molecule has 0 aromatic carbocycles. The minimum absolute atomic E-state index is 0.0405. The van der Waals surface area contributed by atoms with Gasteiger partial charge in [-0.25, -0.2) is 4.98 Å². The number of nitrogens with two attached hydrogens (primary N) is 1. The molecule has 1 rings (SSSR count). The van der Waals surface area contributed by atoms with Crippen LogP contribution in [0, 0.1) is 10.6 Å². The first kappa shape index (κ1) is 12.5. The van der Waals surface area contributed by atoms with Crippen molar-refractivity contribution in [2.24, 2.45) is 5.73 Å². The number of ether oxygens (including phenoxy) is 1. The molecule has 0 aliphatic heterocycles. The Hall–Kier alpha value is -0.570.